The van der Waals surface area contributed by atoms with Crippen molar-refractivity contribution in [2.24, 2.45) is 7.05 Å². The van der Waals surface area contributed by atoms with Crippen LogP contribution in [0.15, 0.2) is 17.6 Å². The second-order valence-corrected chi connectivity index (χ2v) is 7.19. The Morgan fingerprint density at radius 2 is 2.17 bits per heavy atom. The van der Waals surface area contributed by atoms with Gasteiger partial charge in [-0.25, -0.2) is 4.79 Å². The monoisotopic (exact) mass is 333 g/mol. The van der Waals surface area contributed by atoms with E-state index in [1.165, 1.54) is 54.7 Å². The fourth-order valence-electron chi connectivity index (χ4n) is 3.33. The van der Waals surface area contributed by atoms with Crippen LogP contribution in [0, 0.1) is 0 Å². The van der Waals surface area contributed by atoms with Gasteiger partial charge in [-0.15, -0.1) is 11.3 Å². The number of hydrogen-bond acceptors (Lipinski definition) is 4. The lowest BCUT2D eigenvalue weighted by atomic mass is 9.85. The number of aryl methyl sites for hydroxylation is 1. The third-order valence-electron chi connectivity index (χ3n) is 4.44. The highest BCUT2D eigenvalue weighted by Crippen LogP contribution is 2.33. The number of hydrogen-bond donors (Lipinski definition) is 2. The van der Waals surface area contributed by atoms with Crippen molar-refractivity contribution in [1.29, 1.82) is 0 Å². The molecule has 2 aromatic rings. The van der Waals surface area contributed by atoms with Crippen LogP contribution in [0.4, 0.5) is 0 Å². The first kappa shape index (κ1) is 16.2. The summed E-state index contributed by atoms with van der Waals surface area (Å²) in [6.45, 7) is 1.46. The van der Waals surface area contributed by atoms with Gasteiger partial charge >= 0.3 is 5.97 Å². The van der Waals surface area contributed by atoms with E-state index in [9.17, 15) is 4.79 Å². The van der Waals surface area contributed by atoms with Crippen LogP contribution in [0.5, 0.6) is 0 Å². The van der Waals surface area contributed by atoms with E-state index in [-0.39, 0.29) is 0 Å². The van der Waals surface area contributed by atoms with Crippen LogP contribution in [0.2, 0.25) is 0 Å². The molecule has 0 spiro atoms. The summed E-state index contributed by atoms with van der Waals surface area (Å²) in [5.41, 5.74) is 3.54. The summed E-state index contributed by atoms with van der Waals surface area (Å²) in [6, 6.07) is 1.74. The molecule has 6 heteroatoms. The number of carbonyl (C=O) groups is 1. The summed E-state index contributed by atoms with van der Waals surface area (Å²) in [6.07, 6.45) is 8.56. The first-order valence-corrected chi connectivity index (χ1v) is 9.05. The minimum Gasteiger partial charge on any atom is -0.477 e. The molecule has 0 aromatic carbocycles. The number of carboxylic acid groups (broad SMARTS) is 1. The zero-order valence-electron chi connectivity index (χ0n) is 13.4. The molecule has 0 unspecified atom stereocenters. The maximum atomic E-state index is 10.9. The van der Waals surface area contributed by atoms with Crippen molar-refractivity contribution in [3.63, 3.8) is 0 Å². The van der Waals surface area contributed by atoms with Gasteiger partial charge < -0.3 is 10.4 Å². The number of rotatable bonds is 6. The molecule has 0 bridgehead atoms. The molecule has 1 fully saturated rings. The molecule has 1 saturated carbocycles. The predicted molar refractivity (Wildman–Crippen MR) is 90.9 cm³/mol. The molecule has 0 aliphatic heterocycles. The van der Waals surface area contributed by atoms with Crippen LogP contribution in [0.25, 0.3) is 0 Å². The number of aromatic carboxylic acids is 1. The molecule has 1 aliphatic carbocycles. The number of nitrogens with zero attached hydrogens (tertiary/aromatic N) is 2. The van der Waals surface area contributed by atoms with Crippen LogP contribution in [0.1, 0.15) is 64.5 Å². The molecule has 3 rings (SSSR count). The van der Waals surface area contributed by atoms with Gasteiger partial charge in [-0.3, -0.25) is 4.68 Å². The fourth-order valence-corrected chi connectivity index (χ4v) is 4.08. The second kappa shape index (κ2) is 7.27. The maximum absolute atomic E-state index is 10.9. The van der Waals surface area contributed by atoms with Crippen molar-refractivity contribution in [2.75, 3.05) is 0 Å². The fraction of sp³-hybridized carbons (Fsp3) is 0.529. The number of carboxylic acids is 1. The normalized spacial score (nSPS) is 15.9. The SMILES string of the molecule is Cn1cc(CNCc2csc(C(=O)O)c2)c(C2CCCCC2)n1. The van der Waals surface area contributed by atoms with Gasteiger partial charge in [-0.2, -0.15) is 5.10 Å². The molecule has 0 atom stereocenters. The van der Waals surface area contributed by atoms with Gasteiger partial charge in [0, 0.05) is 37.8 Å². The molecule has 0 radical (unpaired) electrons. The van der Waals surface area contributed by atoms with Crippen LogP contribution in [-0.4, -0.2) is 20.9 Å². The Hall–Kier alpha value is -1.66. The molecule has 0 saturated heterocycles. The summed E-state index contributed by atoms with van der Waals surface area (Å²) in [5.74, 6) is -0.255. The third kappa shape index (κ3) is 4.00. The minimum atomic E-state index is -0.854. The lowest BCUT2D eigenvalue weighted by molar-refractivity contribution is 0.0702. The van der Waals surface area contributed by atoms with E-state index >= 15 is 0 Å². The standard InChI is InChI=1S/C17H23N3O2S/c1-20-10-14(16(19-20)13-5-3-2-4-6-13)9-18-8-12-7-15(17(21)22)23-11-12/h7,10-11,13,18H,2-6,8-9H2,1H3,(H,21,22). The number of thiophene rings is 1. The quantitative estimate of drug-likeness (QED) is 0.849. The van der Waals surface area contributed by atoms with Crippen molar-refractivity contribution in [3.05, 3.63) is 39.3 Å². The highest BCUT2D eigenvalue weighted by Gasteiger charge is 2.21. The average Bonchev–Trinajstić information content (AvgIpc) is 3.15. The van der Waals surface area contributed by atoms with Crippen molar-refractivity contribution in [3.8, 4) is 0 Å². The molecular formula is C17H23N3O2S. The van der Waals surface area contributed by atoms with E-state index in [0.29, 0.717) is 17.3 Å². The highest BCUT2D eigenvalue weighted by molar-refractivity contribution is 7.12. The molecule has 2 aromatic heterocycles. The molecular weight excluding hydrogens is 310 g/mol. The molecule has 23 heavy (non-hydrogen) atoms. The van der Waals surface area contributed by atoms with E-state index < -0.39 is 5.97 Å². The molecule has 2 heterocycles. The first-order chi connectivity index (χ1) is 11.1. The Labute approximate surface area is 140 Å². The van der Waals surface area contributed by atoms with Crippen molar-refractivity contribution >= 4 is 17.3 Å². The van der Waals surface area contributed by atoms with Gasteiger partial charge in [0.2, 0.25) is 0 Å². The zero-order valence-corrected chi connectivity index (χ0v) is 14.2. The van der Waals surface area contributed by atoms with Crippen LogP contribution >= 0.6 is 11.3 Å². The maximum Gasteiger partial charge on any atom is 0.345 e. The first-order valence-electron chi connectivity index (χ1n) is 8.17. The lowest BCUT2D eigenvalue weighted by Crippen LogP contribution is -2.15. The second-order valence-electron chi connectivity index (χ2n) is 6.28. The smallest absolute Gasteiger partial charge is 0.345 e. The van der Waals surface area contributed by atoms with E-state index in [1.807, 2.05) is 17.1 Å². The van der Waals surface area contributed by atoms with Gasteiger partial charge in [0.05, 0.1) is 5.69 Å². The summed E-state index contributed by atoms with van der Waals surface area (Å²) in [5, 5.41) is 19.0. The highest BCUT2D eigenvalue weighted by atomic mass is 32.1. The summed E-state index contributed by atoms with van der Waals surface area (Å²) in [7, 11) is 1.98. The van der Waals surface area contributed by atoms with Crippen molar-refractivity contribution in [1.82, 2.24) is 15.1 Å². The minimum absolute atomic E-state index is 0.395. The molecule has 1 aliphatic rings. The van der Waals surface area contributed by atoms with E-state index in [4.69, 9.17) is 5.11 Å². The van der Waals surface area contributed by atoms with E-state index in [1.54, 1.807) is 6.07 Å². The Balaban J connectivity index is 1.60. The summed E-state index contributed by atoms with van der Waals surface area (Å²) < 4.78 is 1.91. The van der Waals surface area contributed by atoms with Gasteiger partial charge in [0.15, 0.2) is 0 Å². The molecule has 0 amide bonds. The van der Waals surface area contributed by atoms with E-state index in [2.05, 4.69) is 16.6 Å². The third-order valence-corrected chi connectivity index (χ3v) is 5.41. The van der Waals surface area contributed by atoms with Crippen LogP contribution in [-0.2, 0) is 20.1 Å². The number of nitrogens with one attached hydrogen (secondary N) is 1. The Bertz CT molecular complexity index is 671. The van der Waals surface area contributed by atoms with Crippen LogP contribution < -0.4 is 5.32 Å². The number of aromatic nitrogens is 2. The summed E-state index contributed by atoms with van der Waals surface area (Å²) >= 11 is 1.28. The van der Waals surface area contributed by atoms with Gasteiger partial charge in [0.25, 0.3) is 0 Å². The lowest BCUT2D eigenvalue weighted by Gasteiger charge is -2.21. The molecule has 5 nitrogen and oxygen atoms in total. The molecule has 2 N–H and O–H groups in total. The van der Waals surface area contributed by atoms with Gasteiger partial charge in [0.1, 0.15) is 4.88 Å². The summed E-state index contributed by atoms with van der Waals surface area (Å²) in [4.78, 5) is 11.3. The van der Waals surface area contributed by atoms with Crippen molar-refractivity contribution < 1.29 is 9.90 Å². The Kier molecular flexibility index (Phi) is 5.13. The molecule has 124 valence electrons. The zero-order chi connectivity index (χ0) is 16.2. The largest absolute Gasteiger partial charge is 0.477 e. The van der Waals surface area contributed by atoms with Gasteiger partial charge in [-0.1, -0.05) is 19.3 Å². The topological polar surface area (TPSA) is 67.2 Å². The van der Waals surface area contributed by atoms with Crippen LogP contribution in [0.3, 0.4) is 0 Å². The van der Waals surface area contributed by atoms with Crippen molar-refractivity contribution in [2.45, 2.75) is 51.1 Å². The van der Waals surface area contributed by atoms with Gasteiger partial charge in [-0.05, 0) is 29.9 Å². The average molecular weight is 333 g/mol. The predicted octanol–water partition coefficient (Wildman–Crippen LogP) is 3.52. The Morgan fingerprint density at radius 3 is 2.87 bits per heavy atom. The Morgan fingerprint density at radius 1 is 1.39 bits per heavy atom. The van der Waals surface area contributed by atoms with E-state index in [0.717, 1.165) is 12.1 Å².